The van der Waals surface area contributed by atoms with Gasteiger partial charge in [0.1, 0.15) is 6.33 Å². The first-order chi connectivity index (χ1) is 7.75. The van der Waals surface area contributed by atoms with Crippen LogP contribution in [0.5, 0.6) is 0 Å². The van der Waals surface area contributed by atoms with Crippen molar-refractivity contribution in [1.29, 1.82) is 0 Å². The minimum absolute atomic E-state index is 0.0112. The number of hydrogen-bond donors (Lipinski definition) is 0. The molecular formula is C12H9ClN2O. The minimum Gasteiger partial charge on any atom is -0.294 e. The highest BCUT2D eigenvalue weighted by atomic mass is 35.5. The maximum absolute atomic E-state index is 11.8. The van der Waals surface area contributed by atoms with Crippen molar-refractivity contribution in [2.45, 2.75) is 6.42 Å². The van der Waals surface area contributed by atoms with E-state index in [-0.39, 0.29) is 5.78 Å². The summed E-state index contributed by atoms with van der Waals surface area (Å²) in [6, 6.07) is 7.25. The van der Waals surface area contributed by atoms with E-state index in [1.165, 1.54) is 18.7 Å². The van der Waals surface area contributed by atoms with Gasteiger partial charge in [-0.05, 0) is 17.7 Å². The van der Waals surface area contributed by atoms with Gasteiger partial charge in [0.25, 0.3) is 0 Å². The van der Waals surface area contributed by atoms with Crippen molar-refractivity contribution < 1.29 is 4.79 Å². The fraction of sp³-hybridized carbons (Fsp3) is 0.0833. The summed E-state index contributed by atoms with van der Waals surface area (Å²) in [4.78, 5) is 19.4. The summed E-state index contributed by atoms with van der Waals surface area (Å²) < 4.78 is 0. The Morgan fingerprint density at radius 3 is 2.69 bits per heavy atom. The summed E-state index contributed by atoms with van der Waals surface area (Å²) in [5, 5.41) is 0.634. The predicted octanol–water partition coefficient (Wildman–Crippen LogP) is 2.56. The van der Waals surface area contributed by atoms with Gasteiger partial charge < -0.3 is 0 Å². The number of halogens is 1. The van der Waals surface area contributed by atoms with Crippen LogP contribution >= 0.6 is 11.6 Å². The molecule has 2 aromatic rings. The second-order valence-electron chi connectivity index (χ2n) is 3.36. The zero-order valence-electron chi connectivity index (χ0n) is 8.43. The third kappa shape index (κ3) is 2.64. The molecule has 1 aromatic carbocycles. The molecule has 80 valence electrons. The fourth-order valence-corrected chi connectivity index (χ4v) is 1.59. The molecule has 4 heteroatoms. The van der Waals surface area contributed by atoms with Gasteiger partial charge in [-0.15, -0.1) is 0 Å². The van der Waals surface area contributed by atoms with Crippen molar-refractivity contribution in [3.05, 3.63) is 59.1 Å². The van der Waals surface area contributed by atoms with Crippen molar-refractivity contribution in [3.63, 3.8) is 0 Å². The Kier molecular flexibility index (Phi) is 3.27. The maximum Gasteiger partial charge on any atom is 0.170 e. The predicted molar refractivity (Wildman–Crippen MR) is 61.5 cm³/mol. The average Bonchev–Trinajstić information content (AvgIpc) is 2.30. The molecule has 1 aromatic heterocycles. The summed E-state index contributed by atoms with van der Waals surface area (Å²) >= 11 is 5.84. The van der Waals surface area contributed by atoms with Crippen LogP contribution in [-0.2, 0) is 6.42 Å². The largest absolute Gasteiger partial charge is 0.294 e. The molecule has 0 saturated heterocycles. The molecule has 0 fully saturated rings. The van der Waals surface area contributed by atoms with E-state index in [1.807, 2.05) is 12.1 Å². The van der Waals surface area contributed by atoms with Gasteiger partial charge in [0, 0.05) is 23.8 Å². The van der Waals surface area contributed by atoms with Crippen LogP contribution in [0.1, 0.15) is 15.9 Å². The molecule has 0 atom stereocenters. The number of benzene rings is 1. The lowest BCUT2D eigenvalue weighted by atomic mass is 10.1. The van der Waals surface area contributed by atoms with Crippen LogP contribution < -0.4 is 0 Å². The van der Waals surface area contributed by atoms with Gasteiger partial charge >= 0.3 is 0 Å². The second-order valence-corrected chi connectivity index (χ2v) is 3.79. The zero-order chi connectivity index (χ0) is 11.4. The van der Waals surface area contributed by atoms with Crippen molar-refractivity contribution in [2.24, 2.45) is 0 Å². The first-order valence-corrected chi connectivity index (χ1v) is 5.16. The highest BCUT2D eigenvalue weighted by Crippen LogP contribution is 2.12. The van der Waals surface area contributed by atoms with Crippen molar-refractivity contribution >= 4 is 17.4 Å². The lowest BCUT2D eigenvalue weighted by Gasteiger charge is -2.00. The van der Waals surface area contributed by atoms with Gasteiger partial charge in [0.2, 0.25) is 0 Å². The van der Waals surface area contributed by atoms with Crippen LogP contribution in [0, 0.1) is 0 Å². The lowest BCUT2D eigenvalue weighted by Crippen LogP contribution is -2.04. The number of ketones is 1. The number of carbonyl (C=O) groups is 1. The van der Waals surface area contributed by atoms with E-state index in [2.05, 4.69) is 9.97 Å². The summed E-state index contributed by atoms with van der Waals surface area (Å²) in [5.74, 6) is -0.0112. The van der Waals surface area contributed by atoms with Crippen molar-refractivity contribution in [3.8, 4) is 0 Å². The van der Waals surface area contributed by atoms with Crippen LogP contribution in [-0.4, -0.2) is 15.8 Å². The summed E-state index contributed by atoms with van der Waals surface area (Å²) in [5.41, 5.74) is 1.41. The van der Waals surface area contributed by atoms with Gasteiger partial charge in [0.05, 0.1) is 5.56 Å². The molecule has 0 N–H and O–H groups in total. The molecule has 0 aliphatic rings. The molecule has 0 amide bonds. The van der Waals surface area contributed by atoms with Crippen LogP contribution in [0.2, 0.25) is 5.02 Å². The van der Waals surface area contributed by atoms with E-state index in [4.69, 9.17) is 11.6 Å². The number of nitrogens with zero attached hydrogens (tertiary/aromatic N) is 2. The monoisotopic (exact) mass is 232 g/mol. The Hall–Kier alpha value is -1.74. The van der Waals surface area contributed by atoms with Gasteiger partial charge in [-0.3, -0.25) is 4.79 Å². The smallest absolute Gasteiger partial charge is 0.170 e. The van der Waals surface area contributed by atoms with Crippen LogP contribution in [0.3, 0.4) is 0 Å². The van der Waals surface area contributed by atoms with Crippen molar-refractivity contribution in [1.82, 2.24) is 9.97 Å². The van der Waals surface area contributed by atoms with E-state index >= 15 is 0 Å². The molecule has 0 saturated carbocycles. The summed E-state index contributed by atoms with van der Waals surface area (Å²) in [7, 11) is 0. The molecule has 2 rings (SSSR count). The SMILES string of the molecule is O=C(Cc1cccc(Cl)c1)c1cncnc1. The maximum atomic E-state index is 11.8. The highest BCUT2D eigenvalue weighted by Gasteiger charge is 2.07. The second kappa shape index (κ2) is 4.86. The van der Waals surface area contributed by atoms with Crippen molar-refractivity contribution in [2.75, 3.05) is 0 Å². The Morgan fingerprint density at radius 2 is 2.00 bits per heavy atom. The van der Waals surface area contributed by atoms with Gasteiger partial charge in [-0.2, -0.15) is 0 Å². The molecule has 0 bridgehead atoms. The summed E-state index contributed by atoms with van der Waals surface area (Å²) in [6.07, 6.45) is 4.74. The van der Waals surface area contributed by atoms with Crippen LogP contribution in [0.4, 0.5) is 0 Å². The lowest BCUT2D eigenvalue weighted by molar-refractivity contribution is 0.0992. The molecular weight excluding hydrogens is 224 g/mol. The first-order valence-electron chi connectivity index (χ1n) is 4.78. The van der Waals surface area contributed by atoms with E-state index in [0.29, 0.717) is 17.0 Å². The average molecular weight is 233 g/mol. The van der Waals surface area contributed by atoms with E-state index in [1.54, 1.807) is 12.1 Å². The molecule has 1 heterocycles. The Bertz CT molecular complexity index is 499. The Labute approximate surface area is 98.1 Å². The highest BCUT2D eigenvalue weighted by molar-refractivity contribution is 6.30. The normalized spacial score (nSPS) is 10.1. The molecule has 3 nitrogen and oxygen atoms in total. The molecule has 0 spiro atoms. The number of carbonyl (C=O) groups excluding carboxylic acids is 1. The zero-order valence-corrected chi connectivity index (χ0v) is 9.19. The third-order valence-corrected chi connectivity index (χ3v) is 2.37. The third-order valence-electron chi connectivity index (χ3n) is 2.14. The number of rotatable bonds is 3. The molecule has 0 radical (unpaired) electrons. The van der Waals surface area contributed by atoms with E-state index in [0.717, 1.165) is 5.56 Å². The quantitative estimate of drug-likeness (QED) is 0.764. The minimum atomic E-state index is -0.0112. The molecule has 0 aliphatic heterocycles. The number of hydrogen-bond acceptors (Lipinski definition) is 3. The number of Topliss-reactive ketones (excluding diaryl/α,β-unsaturated/α-hetero) is 1. The first kappa shape index (κ1) is 10.8. The molecule has 16 heavy (non-hydrogen) atoms. The topological polar surface area (TPSA) is 42.9 Å². The molecule has 0 aliphatic carbocycles. The standard InChI is InChI=1S/C12H9ClN2O/c13-11-3-1-2-9(4-11)5-12(16)10-6-14-8-15-7-10/h1-4,6-8H,5H2. The van der Waals surface area contributed by atoms with Crippen LogP contribution in [0.25, 0.3) is 0 Å². The van der Waals surface area contributed by atoms with E-state index < -0.39 is 0 Å². The molecule has 0 unspecified atom stereocenters. The summed E-state index contributed by atoms with van der Waals surface area (Å²) in [6.45, 7) is 0. The van der Waals surface area contributed by atoms with Gasteiger partial charge in [0.15, 0.2) is 5.78 Å². The number of aromatic nitrogens is 2. The van der Waals surface area contributed by atoms with Gasteiger partial charge in [-0.25, -0.2) is 9.97 Å². The Balaban J connectivity index is 2.14. The van der Waals surface area contributed by atoms with Crippen LogP contribution in [0.15, 0.2) is 43.0 Å². The van der Waals surface area contributed by atoms with Gasteiger partial charge in [-0.1, -0.05) is 23.7 Å². The Morgan fingerprint density at radius 1 is 1.25 bits per heavy atom. The fourth-order valence-electron chi connectivity index (χ4n) is 1.38. The van der Waals surface area contributed by atoms with E-state index in [9.17, 15) is 4.79 Å².